The van der Waals surface area contributed by atoms with E-state index in [0.29, 0.717) is 6.42 Å². The van der Waals surface area contributed by atoms with E-state index in [9.17, 15) is 4.79 Å². The molecule has 0 amide bonds. The second-order valence-electron chi connectivity index (χ2n) is 4.50. The Morgan fingerprint density at radius 3 is 2.80 bits per heavy atom. The summed E-state index contributed by atoms with van der Waals surface area (Å²) >= 11 is 1.64. The Bertz CT molecular complexity index is 597. The lowest BCUT2D eigenvalue weighted by molar-refractivity contribution is -0.136. The lowest BCUT2D eigenvalue weighted by Gasteiger charge is -2.03. The van der Waals surface area contributed by atoms with Crippen molar-refractivity contribution in [1.82, 2.24) is 4.98 Å². The summed E-state index contributed by atoms with van der Waals surface area (Å²) < 4.78 is 0. The smallest absolute Gasteiger partial charge is 0.303 e. The maximum atomic E-state index is 10.6. The normalized spacial score (nSPS) is 16.4. The van der Waals surface area contributed by atoms with E-state index in [1.54, 1.807) is 11.8 Å². The first-order valence-corrected chi connectivity index (χ1v) is 7.80. The highest BCUT2D eigenvalue weighted by Gasteiger charge is 2.13. The molecule has 0 unspecified atom stereocenters. The Hall–Kier alpha value is -1.75. The third-order valence-electron chi connectivity index (χ3n) is 3.10. The standard InChI is InChI=1S/C15H18N2O2S/c1-3-10-4-7-12(16-10)15(20-2)13-8-5-11(17-13)6-9-14(18)19/h4-5,7-8,16H,3,6,9H2,1-2H3,(H,18,19). The van der Waals surface area contributed by atoms with Crippen LogP contribution in [0.1, 0.15) is 31.2 Å². The predicted molar refractivity (Wildman–Crippen MR) is 84.1 cm³/mol. The van der Waals surface area contributed by atoms with Gasteiger partial charge in [0.1, 0.15) is 0 Å². The quantitative estimate of drug-likeness (QED) is 0.843. The van der Waals surface area contributed by atoms with Crippen molar-refractivity contribution in [3.63, 3.8) is 0 Å². The first-order chi connectivity index (χ1) is 9.63. The molecule has 0 atom stereocenters. The van der Waals surface area contributed by atoms with Crippen molar-refractivity contribution in [3.8, 4) is 0 Å². The SMILES string of the molecule is CCc1ccc(C(SC)=C2C=CC(CCC(=O)O)=N2)[nH]1. The molecule has 0 aliphatic carbocycles. The van der Waals surface area contributed by atoms with Gasteiger partial charge < -0.3 is 10.1 Å². The Balaban J connectivity index is 2.22. The lowest BCUT2D eigenvalue weighted by atomic mass is 10.2. The third kappa shape index (κ3) is 3.42. The second-order valence-corrected chi connectivity index (χ2v) is 5.32. The van der Waals surface area contributed by atoms with Crippen molar-refractivity contribution in [1.29, 1.82) is 0 Å². The summed E-state index contributed by atoms with van der Waals surface area (Å²) in [7, 11) is 0. The van der Waals surface area contributed by atoms with Gasteiger partial charge >= 0.3 is 5.97 Å². The van der Waals surface area contributed by atoms with E-state index in [2.05, 4.69) is 29.0 Å². The number of carbonyl (C=O) groups is 1. The Morgan fingerprint density at radius 1 is 1.40 bits per heavy atom. The van der Waals surface area contributed by atoms with Gasteiger partial charge in [0, 0.05) is 17.8 Å². The zero-order valence-corrected chi connectivity index (χ0v) is 12.5. The molecule has 4 nitrogen and oxygen atoms in total. The molecule has 1 aromatic rings. The molecule has 0 saturated carbocycles. The van der Waals surface area contributed by atoms with E-state index >= 15 is 0 Å². The van der Waals surface area contributed by atoms with Gasteiger partial charge in [-0.3, -0.25) is 9.79 Å². The van der Waals surface area contributed by atoms with Gasteiger partial charge in [0.2, 0.25) is 0 Å². The number of carboxylic acid groups (broad SMARTS) is 1. The molecule has 0 spiro atoms. The fourth-order valence-corrected chi connectivity index (χ4v) is 2.70. The predicted octanol–water partition coefficient (Wildman–Crippen LogP) is 3.48. The summed E-state index contributed by atoms with van der Waals surface area (Å²) in [5.41, 5.74) is 4.00. The van der Waals surface area contributed by atoms with Crippen LogP contribution in [-0.4, -0.2) is 28.0 Å². The monoisotopic (exact) mass is 290 g/mol. The molecule has 20 heavy (non-hydrogen) atoms. The number of aliphatic carboxylic acids is 1. The van der Waals surface area contributed by atoms with Crippen molar-refractivity contribution in [2.45, 2.75) is 26.2 Å². The first-order valence-electron chi connectivity index (χ1n) is 6.58. The van der Waals surface area contributed by atoms with Crippen LogP contribution in [0.25, 0.3) is 4.91 Å². The number of nitrogens with zero attached hydrogens (tertiary/aromatic N) is 1. The summed E-state index contributed by atoms with van der Waals surface area (Å²) in [5.74, 6) is -0.791. The Labute approximate surface area is 122 Å². The number of aromatic amines is 1. The number of nitrogens with one attached hydrogen (secondary N) is 1. The second kappa shape index (κ2) is 6.61. The Morgan fingerprint density at radius 2 is 2.20 bits per heavy atom. The highest BCUT2D eigenvalue weighted by molar-refractivity contribution is 8.07. The van der Waals surface area contributed by atoms with Gasteiger partial charge in [-0.15, -0.1) is 11.8 Å². The van der Waals surface area contributed by atoms with Crippen LogP contribution in [0.2, 0.25) is 0 Å². The van der Waals surface area contributed by atoms with Gasteiger partial charge in [0.25, 0.3) is 0 Å². The molecule has 1 aliphatic heterocycles. The van der Waals surface area contributed by atoms with Crippen LogP contribution in [0.3, 0.4) is 0 Å². The third-order valence-corrected chi connectivity index (χ3v) is 3.94. The van der Waals surface area contributed by atoms with E-state index in [-0.39, 0.29) is 6.42 Å². The fourth-order valence-electron chi connectivity index (χ4n) is 2.04. The summed E-state index contributed by atoms with van der Waals surface area (Å²) in [6.45, 7) is 2.11. The van der Waals surface area contributed by atoms with Crippen LogP contribution in [0.15, 0.2) is 35.0 Å². The molecule has 0 radical (unpaired) electrons. The minimum absolute atomic E-state index is 0.119. The van der Waals surface area contributed by atoms with Gasteiger partial charge in [-0.25, -0.2) is 0 Å². The number of H-pyrrole nitrogens is 1. The Kier molecular flexibility index (Phi) is 4.84. The molecule has 0 saturated heterocycles. The van der Waals surface area contributed by atoms with Crippen molar-refractivity contribution in [3.05, 3.63) is 41.4 Å². The van der Waals surface area contributed by atoms with Gasteiger partial charge in [-0.05, 0) is 37.0 Å². The van der Waals surface area contributed by atoms with E-state index in [1.165, 1.54) is 5.69 Å². The molecule has 106 valence electrons. The summed E-state index contributed by atoms with van der Waals surface area (Å²) in [4.78, 5) is 19.6. The topological polar surface area (TPSA) is 65.4 Å². The number of hydrogen-bond donors (Lipinski definition) is 2. The highest BCUT2D eigenvalue weighted by Crippen LogP contribution is 2.31. The number of allylic oxidation sites excluding steroid dienone is 2. The zero-order chi connectivity index (χ0) is 14.5. The van der Waals surface area contributed by atoms with Crippen molar-refractivity contribution in [2.75, 3.05) is 6.26 Å². The number of carboxylic acids is 1. The van der Waals surface area contributed by atoms with Crippen LogP contribution < -0.4 is 0 Å². The van der Waals surface area contributed by atoms with Crippen LogP contribution in [0.4, 0.5) is 0 Å². The lowest BCUT2D eigenvalue weighted by Crippen LogP contribution is -1.99. The minimum atomic E-state index is -0.791. The molecule has 0 aromatic carbocycles. The minimum Gasteiger partial charge on any atom is -0.481 e. The summed E-state index contributed by atoms with van der Waals surface area (Å²) in [5, 5.41) is 8.70. The van der Waals surface area contributed by atoms with Crippen LogP contribution in [-0.2, 0) is 11.2 Å². The van der Waals surface area contributed by atoms with Gasteiger partial charge in [0.15, 0.2) is 0 Å². The number of thioether (sulfide) groups is 1. The van der Waals surface area contributed by atoms with Crippen molar-refractivity contribution in [2.24, 2.45) is 4.99 Å². The largest absolute Gasteiger partial charge is 0.481 e. The molecule has 1 aromatic heterocycles. The molecule has 0 bridgehead atoms. The summed E-state index contributed by atoms with van der Waals surface area (Å²) in [6, 6.07) is 4.15. The van der Waals surface area contributed by atoms with E-state index in [1.807, 2.05) is 18.4 Å². The average Bonchev–Trinajstić information content (AvgIpc) is 3.07. The van der Waals surface area contributed by atoms with E-state index < -0.39 is 5.97 Å². The zero-order valence-electron chi connectivity index (χ0n) is 11.6. The average molecular weight is 290 g/mol. The molecule has 2 N–H and O–H groups in total. The van der Waals surface area contributed by atoms with Crippen molar-refractivity contribution < 1.29 is 9.90 Å². The molecule has 1 aliphatic rings. The molecule has 0 fully saturated rings. The van der Waals surface area contributed by atoms with Gasteiger partial charge in [-0.1, -0.05) is 6.92 Å². The number of aromatic nitrogens is 1. The summed E-state index contributed by atoms with van der Waals surface area (Å²) in [6.07, 6.45) is 7.44. The van der Waals surface area contributed by atoms with Crippen LogP contribution in [0.5, 0.6) is 0 Å². The maximum absolute atomic E-state index is 10.6. The van der Waals surface area contributed by atoms with Gasteiger partial charge in [-0.2, -0.15) is 0 Å². The number of rotatable bonds is 6. The molecular weight excluding hydrogens is 272 g/mol. The molecule has 5 heteroatoms. The van der Waals surface area contributed by atoms with E-state index in [0.717, 1.165) is 28.4 Å². The first kappa shape index (κ1) is 14.7. The number of aliphatic imine (C=N–C) groups is 1. The highest BCUT2D eigenvalue weighted by atomic mass is 32.2. The fraction of sp³-hybridized carbons (Fsp3) is 0.333. The van der Waals surface area contributed by atoms with Crippen LogP contribution >= 0.6 is 11.8 Å². The van der Waals surface area contributed by atoms with Crippen molar-refractivity contribution >= 4 is 28.3 Å². The number of aryl methyl sites for hydroxylation is 1. The van der Waals surface area contributed by atoms with E-state index in [4.69, 9.17) is 5.11 Å². The number of hydrogen-bond acceptors (Lipinski definition) is 3. The van der Waals surface area contributed by atoms with Gasteiger partial charge in [0.05, 0.1) is 22.7 Å². The molecule has 2 heterocycles. The maximum Gasteiger partial charge on any atom is 0.303 e. The molecule has 2 rings (SSSR count). The van der Waals surface area contributed by atoms with Crippen LogP contribution in [0, 0.1) is 0 Å². The molecular formula is C15H18N2O2S.